The van der Waals surface area contributed by atoms with Gasteiger partial charge in [-0.05, 0) is 17.5 Å². The predicted molar refractivity (Wildman–Crippen MR) is 95.6 cm³/mol. The molecule has 0 saturated heterocycles. The number of hydrogen-bond donors (Lipinski definition) is 1. The maximum Gasteiger partial charge on any atom is 0.438 e. The molecule has 1 atom stereocenters. The fourth-order valence-corrected chi connectivity index (χ4v) is 3.52. The van der Waals surface area contributed by atoms with E-state index in [1.165, 1.54) is 24.3 Å². The van der Waals surface area contributed by atoms with E-state index in [9.17, 15) is 49.2 Å². The van der Waals surface area contributed by atoms with Gasteiger partial charge in [0, 0.05) is 5.39 Å². The third-order valence-electron chi connectivity index (χ3n) is 4.10. The van der Waals surface area contributed by atoms with Crippen molar-refractivity contribution in [1.82, 2.24) is 0 Å². The Hall–Kier alpha value is -2.84. The van der Waals surface area contributed by atoms with E-state index in [1.54, 1.807) is 0 Å². The van der Waals surface area contributed by atoms with E-state index in [1.807, 2.05) is 0 Å². The number of alkyl halides is 6. The molecule has 0 aromatic heterocycles. The van der Waals surface area contributed by atoms with Crippen LogP contribution in [0.4, 0.5) is 26.3 Å². The van der Waals surface area contributed by atoms with Crippen molar-refractivity contribution < 1.29 is 58.7 Å². The standard InChI is InChI=1S/C18H14F6O7S/c1-2-13(25)30-14-11-6-4-3-5-10(11)7-8-12(14)15(26)31-16(17(19,20)21,18(22,23)24)9-32(27,28)29/h2-8,13,25H,1,9H2,(H,27,28,29)/p-1/t13-/m1/s1. The fraction of sp³-hybridized carbons (Fsp3) is 0.278. The third kappa shape index (κ3) is 5.14. The van der Waals surface area contributed by atoms with Crippen molar-refractivity contribution in [2.75, 3.05) is 5.75 Å². The second-order valence-corrected chi connectivity index (χ2v) is 7.73. The second kappa shape index (κ2) is 8.60. The van der Waals surface area contributed by atoms with E-state index in [0.29, 0.717) is 5.39 Å². The zero-order valence-corrected chi connectivity index (χ0v) is 16.4. The van der Waals surface area contributed by atoms with Gasteiger partial charge in [0.15, 0.2) is 0 Å². The molecular weight excluding hydrogens is 474 g/mol. The number of ether oxygens (including phenoxy) is 2. The van der Waals surface area contributed by atoms with Crippen molar-refractivity contribution in [3.05, 3.63) is 54.6 Å². The fourth-order valence-electron chi connectivity index (χ4n) is 2.63. The van der Waals surface area contributed by atoms with Crippen LogP contribution in [0.25, 0.3) is 10.8 Å². The Morgan fingerprint density at radius 3 is 2.16 bits per heavy atom. The zero-order chi connectivity index (χ0) is 24.5. The molecule has 0 heterocycles. The SMILES string of the molecule is C=C[C@H](O)Oc1c(C(=O)OC(CS(=O)(=O)[O-])(C(F)(F)F)C(F)(F)F)ccc2ccccc12. The number of carbonyl (C=O) groups is 1. The minimum absolute atomic E-state index is 0.0103. The molecule has 14 heteroatoms. The molecule has 0 aliphatic carbocycles. The molecule has 0 amide bonds. The lowest BCUT2D eigenvalue weighted by molar-refractivity contribution is -0.356. The summed E-state index contributed by atoms with van der Waals surface area (Å²) in [7, 11) is -6.20. The van der Waals surface area contributed by atoms with Crippen LogP contribution in [-0.2, 0) is 14.9 Å². The first-order valence-electron chi connectivity index (χ1n) is 8.32. The number of aliphatic hydroxyl groups is 1. The maximum absolute atomic E-state index is 13.4. The van der Waals surface area contributed by atoms with Crippen LogP contribution < -0.4 is 4.74 Å². The molecule has 7 nitrogen and oxygen atoms in total. The molecule has 176 valence electrons. The van der Waals surface area contributed by atoms with Crippen LogP contribution in [0.3, 0.4) is 0 Å². The average Bonchev–Trinajstić information content (AvgIpc) is 2.64. The van der Waals surface area contributed by atoms with Gasteiger partial charge < -0.3 is 19.1 Å². The van der Waals surface area contributed by atoms with Gasteiger partial charge in [0.2, 0.25) is 6.29 Å². The first-order chi connectivity index (χ1) is 14.5. The first-order valence-corrected chi connectivity index (χ1v) is 9.89. The number of carbonyl (C=O) groups excluding carboxylic acids is 1. The highest BCUT2D eigenvalue weighted by atomic mass is 32.2. The van der Waals surface area contributed by atoms with Crippen LogP contribution in [0.1, 0.15) is 10.4 Å². The molecule has 1 N–H and O–H groups in total. The van der Waals surface area contributed by atoms with E-state index >= 15 is 0 Å². The number of esters is 1. The topological polar surface area (TPSA) is 113 Å². The summed E-state index contributed by atoms with van der Waals surface area (Å²) in [6.45, 7) is 3.19. The first kappa shape index (κ1) is 25.4. The Balaban J connectivity index is 2.71. The van der Waals surface area contributed by atoms with Crippen molar-refractivity contribution in [2.24, 2.45) is 0 Å². The van der Waals surface area contributed by atoms with Gasteiger partial charge in [-0.3, -0.25) is 0 Å². The number of halogens is 6. The van der Waals surface area contributed by atoms with Crippen LogP contribution in [0, 0.1) is 0 Å². The van der Waals surface area contributed by atoms with Gasteiger partial charge in [0.1, 0.15) is 11.3 Å². The molecule has 2 aromatic rings. The molecule has 2 aromatic carbocycles. The normalized spacial score (nSPS) is 14.1. The summed E-state index contributed by atoms with van der Waals surface area (Å²) >= 11 is 0. The maximum atomic E-state index is 13.4. The monoisotopic (exact) mass is 487 g/mol. The highest BCUT2D eigenvalue weighted by molar-refractivity contribution is 7.85. The van der Waals surface area contributed by atoms with Crippen molar-refractivity contribution in [2.45, 2.75) is 24.2 Å². The van der Waals surface area contributed by atoms with E-state index in [0.717, 1.165) is 18.2 Å². The number of fused-ring (bicyclic) bond motifs is 1. The molecule has 0 radical (unpaired) electrons. The van der Waals surface area contributed by atoms with Crippen molar-refractivity contribution in [1.29, 1.82) is 0 Å². The summed E-state index contributed by atoms with van der Waals surface area (Å²) in [6, 6.07) is 7.53. The number of hydrogen-bond acceptors (Lipinski definition) is 7. The minimum atomic E-state index is -6.53. The molecule has 2 rings (SSSR count). The van der Waals surface area contributed by atoms with E-state index < -0.39 is 57.4 Å². The van der Waals surface area contributed by atoms with E-state index in [4.69, 9.17) is 4.74 Å². The van der Waals surface area contributed by atoms with Gasteiger partial charge in [0.05, 0.1) is 15.9 Å². The Morgan fingerprint density at radius 2 is 1.66 bits per heavy atom. The summed E-state index contributed by atoms with van der Waals surface area (Å²) < 4.78 is 122. The molecule has 0 fully saturated rings. The Bertz CT molecular complexity index is 1110. The highest BCUT2D eigenvalue weighted by Crippen LogP contribution is 2.47. The van der Waals surface area contributed by atoms with Gasteiger partial charge in [0.25, 0.3) is 0 Å². The Kier molecular flexibility index (Phi) is 6.83. The summed E-state index contributed by atoms with van der Waals surface area (Å²) in [5.41, 5.74) is -6.66. The summed E-state index contributed by atoms with van der Waals surface area (Å²) in [6.07, 6.45) is -14.1. The van der Waals surface area contributed by atoms with Crippen LogP contribution in [-0.4, -0.2) is 54.0 Å². The van der Waals surface area contributed by atoms with Crippen molar-refractivity contribution in [3.63, 3.8) is 0 Å². The molecule has 0 aliphatic heterocycles. The highest BCUT2D eigenvalue weighted by Gasteiger charge is 2.75. The number of benzene rings is 2. The van der Waals surface area contributed by atoms with Crippen molar-refractivity contribution >= 4 is 26.9 Å². The zero-order valence-electron chi connectivity index (χ0n) is 15.6. The van der Waals surface area contributed by atoms with Crippen molar-refractivity contribution in [3.8, 4) is 5.75 Å². The van der Waals surface area contributed by atoms with Gasteiger partial charge in [-0.25, -0.2) is 13.2 Å². The second-order valence-electron chi connectivity index (χ2n) is 6.32. The van der Waals surface area contributed by atoms with Gasteiger partial charge in [-0.15, -0.1) is 0 Å². The Labute approximate surface area is 176 Å². The quantitative estimate of drug-likeness (QED) is 0.210. The average molecular weight is 487 g/mol. The molecule has 0 spiro atoms. The lowest BCUT2D eigenvalue weighted by atomic mass is 10.0. The largest absolute Gasteiger partial charge is 0.748 e. The minimum Gasteiger partial charge on any atom is -0.748 e. The van der Waals surface area contributed by atoms with Gasteiger partial charge in [-0.1, -0.05) is 36.9 Å². The summed E-state index contributed by atoms with van der Waals surface area (Å²) in [5, 5.41) is 9.95. The van der Waals surface area contributed by atoms with E-state index in [-0.39, 0.29) is 5.39 Å². The van der Waals surface area contributed by atoms with Crippen LogP contribution in [0.15, 0.2) is 49.1 Å². The Morgan fingerprint density at radius 1 is 1.09 bits per heavy atom. The predicted octanol–water partition coefficient (Wildman–Crippen LogP) is 3.29. The molecule has 0 aliphatic rings. The molecule has 32 heavy (non-hydrogen) atoms. The summed E-state index contributed by atoms with van der Waals surface area (Å²) in [4.78, 5) is 12.5. The lowest BCUT2D eigenvalue weighted by Gasteiger charge is -2.37. The van der Waals surface area contributed by atoms with E-state index in [2.05, 4.69) is 11.3 Å². The third-order valence-corrected chi connectivity index (χ3v) is 4.86. The van der Waals surface area contributed by atoms with Gasteiger partial charge in [-0.2, -0.15) is 26.3 Å². The molecular formula is C18H13F6O7S-. The molecule has 0 saturated carbocycles. The van der Waals surface area contributed by atoms with Gasteiger partial charge >= 0.3 is 23.9 Å². The molecule has 0 bridgehead atoms. The number of rotatable bonds is 7. The van der Waals surface area contributed by atoms with Crippen LogP contribution in [0.5, 0.6) is 5.75 Å². The smallest absolute Gasteiger partial charge is 0.438 e. The molecule has 0 unspecified atom stereocenters. The summed E-state index contributed by atoms with van der Waals surface area (Å²) in [5.74, 6) is -6.11. The lowest BCUT2D eigenvalue weighted by Crippen LogP contribution is -2.63. The van der Waals surface area contributed by atoms with Crippen LogP contribution >= 0.6 is 0 Å². The number of aliphatic hydroxyl groups excluding tert-OH is 1. The van der Waals surface area contributed by atoms with Crippen LogP contribution in [0.2, 0.25) is 0 Å².